The lowest BCUT2D eigenvalue weighted by atomic mass is 9.68. The van der Waals surface area contributed by atoms with Crippen LogP contribution in [-0.2, 0) is 5.41 Å². The molecule has 9 rings (SSSR count). The maximum Gasteiger partial charge on any atom is 0.193 e. The van der Waals surface area contributed by atoms with Crippen molar-refractivity contribution < 1.29 is 4.79 Å². The third kappa shape index (κ3) is 7.61. The first-order valence-electron chi connectivity index (χ1n) is 17.6. The zero-order chi connectivity index (χ0) is 37.3. The van der Waals surface area contributed by atoms with E-state index in [1.165, 1.54) is 44.5 Å². The van der Waals surface area contributed by atoms with E-state index in [0.717, 1.165) is 24.5 Å². The fraction of sp³-hybridized carbons (Fsp3) is 0.0200. The fourth-order valence-corrected chi connectivity index (χ4v) is 8.73. The first-order chi connectivity index (χ1) is 26.5. The van der Waals surface area contributed by atoms with Gasteiger partial charge >= 0.3 is 0 Å². The van der Waals surface area contributed by atoms with Crippen molar-refractivity contribution in [2.75, 3.05) is 0 Å². The van der Waals surface area contributed by atoms with Crippen molar-refractivity contribution in [1.29, 1.82) is 0 Å². The van der Waals surface area contributed by atoms with Crippen LogP contribution >= 0.6 is 47.8 Å². The highest BCUT2D eigenvalue weighted by molar-refractivity contribution is 9.11. The van der Waals surface area contributed by atoms with Gasteiger partial charge in [-0.25, -0.2) is 0 Å². The molecule has 0 amide bonds. The largest absolute Gasteiger partial charge is 0.289 e. The van der Waals surface area contributed by atoms with Gasteiger partial charge in [0.25, 0.3) is 0 Å². The summed E-state index contributed by atoms with van der Waals surface area (Å²) in [6.07, 6.45) is 0. The van der Waals surface area contributed by atoms with Gasteiger partial charge in [0.15, 0.2) is 5.78 Å². The van der Waals surface area contributed by atoms with E-state index in [2.05, 4.69) is 175 Å². The molecular weight excluding hydrogens is 856 g/mol. The van der Waals surface area contributed by atoms with Gasteiger partial charge in [0.05, 0.1) is 5.41 Å². The zero-order valence-corrected chi connectivity index (χ0v) is 34.0. The van der Waals surface area contributed by atoms with Crippen LogP contribution < -0.4 is 0 Å². The molecule has 8 aromatic rings. The van der Waals surface area contributed by atoms with E-state index in [-0.39, 0.29) is 11.2 Å². The summed E-state index contributed by atoms with van der Waals surface area (Å²) in [4.78, 5) is 11.8. The molecule has 1 nitrogen and oxygen atoms in total. The molecule has 262 valence electrons. The van der Waals surface area contributed by atoms with Crippen LogP contribution in [0, 0.1) is 0 Å². The van der Waals surface area contributed by atoms with Gasteiger partial charge in [-0.1, -0.05) is 242 Å². The number of fused-ring (bicyclic) bond motifs is 3. The molecule has 8 aromatic carbocycles. The third-order valence-electron chi connectivity index (χ3n) is 9.54. The molecule has 54 heavy (non-hydrogen) atoms. The Kier molecular flexibility index (Phi) is 11.9. The summed E-state index contributed by atoms with van der Waals surface area (Å²) in [5.74, 6) is 0.0752. The molecule has 0 saturated carbocycles. The highest BCUT2D eigenvalue weighted by Crippen LogP contribution is 2.57. The maximum atomic E-state index is 11.8. The smallest absolute Gasteiger partial charge is 0.193 e. The van der Waals surface area contributed by atoms with E-state index in [9.17, 15) is 4.79 Å². The van der Waals surface area contributed by atoms with Crippen LogP contribution in [0.5, 0.6) is 0 Å². The quantitative estimate of drug-likeness (QED) is 0.157. The van der Waals surface area contributed by atoms with Gasteiger partial charge in [-0.2, -0.15) is 0 Å². The number of benzene rings is 8. The lowest BCUT2D eigenvalue weighted by Crippen LogP contribution is -2.28. The van der Waals surface area contributed by atoms with E-state index in [1.54, 1.807) is 0 Å². The Morgan fingerprint density at radius 2 is 0.685 bits per heavy atom. The highest BCUT2D eigenvalue weighted by Gasteiger charge is 2.46. The average molecular weight is 892 g/mol. The van der Waals surface area contributed by atoms with Crippen molar-refractivity contribution >= 4 is 53.6 Å². The minimum absolute atomic E-state index is 0.0752. The fourth-order valence-electron chi connectivity index (χ4n) is 7.15. The molecule has 0 fully saturated rings. The van der Waals surface area contributed by atoms with Crippen molar-refractivity contribution in [3.05, 3.63) is 259 Å². The summed E-state index contributed by atoms with van der Waals surface area (Å²) in [6, 6.07) is 72.1. The van der Waals surface area contributed by atoms with Crippen LogP contribution in [0.3, 0.4) is 0 Å². The summed E-state index contributed by atoms with van der Waals surface area (Å²) < 4.78 is 3.38. The number of halogens is 3. The molecule has 4 heteroatoms. The summed E-state index contributed by atoms with van der Waals surface area (Å²) in [5, 5.41) is 0. The lowest BCUT2D eigenvalue weighted by molar-refractivity contribution is 0.103. The number of hydrogen-bond acceptors (Lipinski definition) is 1. The molecule has 0 aromatic heterocycles. The summed E-state index contributed by atoms with van der Waals surface area (Å²) in [6.45, 7) is 0. The zero-order valence-electron chi connectivity index (χ0n) is 29.2. The van der Waals surface area contributed by atoms with Gasteiger partial charge in [-0.15, -0.1) is 0 Å². The molecular formula is C50H35Br3O. The SMILES string of the molecule is Brc1cccc2c1-c1ccccc1C2(c1ccccc1)c1ccccc1.Brc1ccccc1-c1ccccc1Br.O=C(c1ccccc1)c1ccccc1. The number of ketones is 1. The number of hydrogen-bond donors (Lipinski definition) is 0. The van der Waals surface area contributed by atoms with Crippen LogP contribution in [-0.4, -0.2) is 5.78 Å². The predicted octanol–water partition coefficient (Wildman–Crippen LogP) is 14.6. The normalized spacial score (nSPS) is 11.8. The first-order valence-corrected chi connectivity index (χ1v) is 20.0. The van der Waals surface area contributed by atoms with Gasteiger partial charge in [0, 0.05) is 30.1 Å². The van der Waals surface area contributed by atoms with Gasteiger partial charge in [-0.05, 0) is 57.1 Å². The summed E-state index contributed by atoms with van der Waals surface area (Å²) in [7, 11) is 0. The molecule has 1 aliphatic rings. The van der Waals surface area contributed by atoms with Crippen LogP contribution in [0.25, 0.3) is 22.3 Å². The predicted molar refractivity (Wildman–Crippen MR) is 235 cm³/mol. The minimum atomic E-state index is -0.293. The third-order valence-corrected chi connectivity index (χ3v) is 11.6. The Bertz CT molecular complexity index is 2360. The van der Waals surface area contributed by atoms with E-state index >= 15 is 0 Å². The Morgan fingerprint density at radius 1 is 0.333 bits per heavy atom. The van der Waals surface area contributed by atoms with Crippen LogP contribution in [0.15, 0.2) is 226 Å². The van der Waals surface area contributed by atoms with E-state index in [1.807, 2.05) is 84.9 Å². The van der Waals surface area contributed by atoms with E-state index < -0.39 is 0 Å². The molecule has 0 radical (unpaired) electrons. The maximum absolute atomic E-state index is 11.8. The minimum Gasteiger partial charge on any atom is -0.289 e. The molecule has 0 aliphatic heterocycles. The van der Waals surface area contributed by atoms with Gasteiger partial charge in [0.1, 0.15) is 0 Å². The van der Waals surface area contributed by atoms with E-state index in [4.69, 9.17) is 0 Å². The van der Waals surface area contributed by atoms with Crippen LogP contribution in [0.4, 0.5) is 0 Å². The Morgan fingerprint density at radius 3 is 1.15 bits per heavy atom. The van der Waals surface area contributed by atoms with Crippen molar-refractivity contribution in [3.8, 4) is 22.3 Å². The monoisotopic (exact) mass is 888 g/mol. The molecule has 0 unspecified atom stereocenters. The van der Waals surface area contributed by atoms with Crippen molar-refractivity contribution in [2.45, 2.75) is 5.41 Å². The molecule has 0 saturated heterocycles. The van der Waals surface area contributed by atoms with Crippen molar-refractivity contribution in [1.82, 2.24) is 0 Å². The van der Waals surface area contributed by atoms with Gasteiger partial charge in [0.2, 0.25) is 0 Å². The molecule has 0 heterocycles. The Labute approximate surface area is 342 Å². The number of carbonyl (C=O) groups is 1. The molecule has 0 atom stereocenters. The molecule has 0 bridgehead atoms. The molecule has 0 spiro atoms. The van der Waals surface area contributed by atoms with Crippen molar-refractivity contribution in [3.63, 3.8) is 0 Å². The van der Waals surface area contributed by atoms with E-state index in [0.29, 0.717) is 0 Å². The second kappa shape index (κ2) is 17.3. The van der Waals surface area contributed by atoms with Crippen LogP contribution in [0.1, 0.15) is 38.2 Å². The summed E-state index contributed by atoms with van der Waals surface area (Å²) in [5.41, 5.74) is 11.5. The van der Waals surface area contributed by atoms with Crippen LogP contribution in [0.2, 0.25) is 0 Å². The second-order valence-electron chi connectivity index (χ2n) is 12.7. The average Bonchev–Trinajstić information content (AvgIpc) is 3.55. The molecule has 1 aliphatic carbocycles. The Hall–Kier alpha value is -5.13. The second-order valence-corrected chi connectivity index (χ2v) is 15.3. The topological polar surface area (TPSA) is 17.1 Å². The first kappa shape index (κ1) is 37.2. The molecule has 0 N–H and O–H groups in total. The number of rotatable bonds is 5. The lowest BCUT2D eigenvalue weighted by Gasteiger charge is -2.33. The van der Waals surface area contributed by atoms with Gasteiger partial charge < -0.3 is 0 Å². The highest BCUT2D eigenvalue weighted by atomic mass is 79.9. The Balaban J connectivity index is 0.000000137. The standard InChI is InChI=1S/C25H17Br.C13H10O.C12H8Br2/c26-23-17-9-16-22-24(23)20-14-7-8-15-21(20)25(22,18-10-3-1-4-11-18)19-12-5-2-6-13-19;14-13(11-7-3-1-4-8-11)12-9-5-2-6-10-12;13-11-7-3-1-5-9(11)10-6-2-4-8-12(10)14/h1-17H;1-10H;1-8H. The summed E-state index contributed by atoms with van der Waals surface area (Å²) >= 11 is 10.9. The number of carbonyl (C=O) groups excluding carboxylic acids is 1. The van der Waals surface area contributed by atoms with Crippen molar-refractivity contribution in [2.24, 2.45) is 0 Å². The van der Waals surface area contributed by atoms with Gasteiger partial charge in [-0.3, -0.25) is 4.79 Å².